The highest BCUT2D eigenvalue weighted by Gasteiger charge is 2.41. The molecule has 2 aliphatic rings. The fourth-order valence-electron chi connectivity index (χ4n) is 3.76. The summed E-state index contributed by atoms with van der Waals surface area (Å²) in [6.07, 6.45) is 0.344. The molecule has 140 valence electrons. The molecule has 0 bridgehead atoms. The molecular formula is C22H15Cl3N2O. The lowest BCUT2D eigenvalue weighted by atomic mass is 9.96. The predicted octanol–water partition coefficient (Wildman–Crippen LogP) is 6.89. The van der Waals surface area contributed by atoms with Crippen LogP contribution >= 0.6 is 34.8 Å². The monoisotopic (exact) mass is 428 g/mol. The first-order valence-corrected chi connectivity index (χ1v) is 10.1. The Hall–Kier alpha value is -2.20. The Labute approximate surface area is 178 Å². The highest BCUT2D eigenvalue weighted by atomic mass is 35.5. The van der Waals surface area contributed by atoms with E-state index in [1.165, 1.54) is 0 Å². The van der Waals surface area contributed by atoms with Crippen molar-refractivity contribution in [1.82, 2.24) is 5.01 Å². The third-order valence-corrected chi connectivity index (χ3v) is 5.93. The van der Waals surface area contributed by atoms with E-state index < -0.39 is 6.23 Å². The molecule has 0 radical (unpaired) electrons. The SMILES string of the molecule is Clc1ccc(C2=NN3[C@@H](C2)c2cc(Cl)ccc2O[C@H]3c2ccccc2Cl)cc1. The number of fused-ring (bicyclic) bond motifs is 3. The molecule has 3 nitrogen and oxygen atoms in total. The van der Waals surface area contributed by atoms with Crippen molar-refractivity contribution in [1.29, 1.82) is 0 Å². The number of halogens is 3. The predicted molar refractivity (Wildman–Crippen MR) is 113 cm³/mol. The zero-order valence-electron chi connectivity index (χ0n) is 14.6. The Kier molecular flexibility index (Phi) is 4.47. The lowest BCUT2D eigenvalue weighted by Crippen LogP contribution is -2.33. The van der Waals surface area contributed by atoms with Gasteiger partial charge in [-0.15, -0.1) is 0 Å². The smallest absolute Gasteiger partial charge is 0.215 e. The van der Waals surface area contributed by atoms with Gasteiger partial charge in [0.1, 0.15) is 5.75 Å². The molecule has 0 spiro atoms. The normalized spacial score (nSPS) is 20.2. The largest absolute Gasteiger partial charge is 0.464 e. The van der Waals surface area contributed by atoms with E-state index in [4.69, 9.17) is 44.6 Å². The number of hydrogen-bond donors (Lipinski definition) is 0. The summed E-state index contributed by atoms with van der Waals surface area (Å²) in [6, 6.07) is 21.2. The summed E-state index contributed by atoms with van der Waals surface area (Å²) >= 11 is 18.8. The highest BCUT2D eigenvalue weighted by molar-refractivity contribution is 6.31. The van der Waals surface area contributed by atoms with Crippen molar-refractivity contribution < 1.29 is 4.74 Å². The maximum Gasteiger partial charge on any atom is 0.215 e. The second kappa shape index (κ2) is 7.00. The summed E-state index contributed by atoms with van der Waals surface area (Å²) in [7, 11) is 0. The van der Waals surface area contributed by atoms with Crippen LogP contribution in [0.1, 0.15) is 35.4 Å². The van der Waals surface area contributed by atoms with Crippen molar-refractivity contribution in [2.45, 2.75) is 18.7 Å². The fraction of sp³-hybridized carbons (Fsp3) is 0.136. The van der Waals surface area contributed by atoms with Gasteiger partial charge >= 0.3 is 0 Å². The third-order valence-electron chi connectivity index (χ3n) is 5.10. The summed E-state index contributed by atoms with van der Waals surface area (Å²) < 4.78 is 6.33. The van der Waals surface area contributed by atoms with Crippen LogP contribution in [0.4, 0.5) is 0 Å². The van der Waals surface area contributed by atoms with E-state index in [0.29, 0.717) is 15.1 Å². The second-order valence-electron chi connectivity index (χ2n) is 6.83. The first-order valence-electron chi connectivity index (χ1n) is 8.92. The van der Waals surface area contributed by atoms with Gasteiger partial charge in [0, 0.05) is 32.6 Å². The lowest BCUT2D eigenvalue weighted by Gasteiger charge is -2.38. The number of rotatable bonds is 2. The Morgan fingerprint density at radius 2 is 1.61 bits per heavy atom. The molecule has 0 fully saturated rings. The summed E-state index contributed by atoms with van der Waals surface area (Å²) in [5.74, 6) is 0.808. The Morgan fingerprint density at radius 1 is 0.857 bits per heavy atom. The van der Waals surface area contributed by atoms with Gasteiger partial charge in [-0.1, -0.05) is 65.1 Å². The minimum Gasteiger partial charge on any atom is -0.464 e. The van der Waals surface area contributed by atoms with Crippen LogP contribution in [0.25, 0.3) is 0 Å². The number of benzene rings is 3. The number of ether oxygens (including phenoxy) is 1. The topological polar surface area (TPSA) is 24.8 Å². The lowest BCUT2D eigenvalue weighted by molar-refractivity contribution is -0.0189. The van der Waals surface area contributed by atoms with Gasteiger partial charge in [0.2, 0.25) is 6.23 Å². The van der Waals surface area contributed by atoms with E-state index >= 15 is 0 Å². The van der Waals surface area contributed by atoms with Crippen LogP contribution in [0, 0.1) is 0 Å². The van der Waals surface area contributed by atoms with Gasteiger partial charge in [-0.25, -0.2) is 5.01 Å². The minimum absolute atomic E-state index is 0.0226. The molecule has 0 amide bonds. The Morgan fingerprint density at radius 3 is 2.39 bits per heavy atom. The zero-order valence-corrected chi connectivity index (χ0v) is 16.9. The summed E-state index contributed by atoms with van der Waals surface area (Å²) in [6.45, 7) is 0. The molecular weight excluding hydrogens is 415 g/mol. The molecule has 6 heteroatoms. The molecule has 0 saturated heterocycles. The maximum absolute atomic E-state index is 6.48. The van der Waals surface area contributed by atoms with Gasteiger partial charge in [-0.05, 0) is 42.0 Å². The average molecular weight is 430 g/mol. The van der Waals surface area contributed by atoms with Gasteiger partial charge < -0.3 is 4.74 Å². The molecule has 3 aromatic rings. The molecule has 5 rings (SSSR count). The molecule has 0 aliphatic carbocycles. The summed E-state index contributed by atoms with van der Waals surface area (Å²) in [4.78, 5) is 0. The Bertz CT molecular complexity index is 1080. The van der Waals surface area contributed by atoms with Crippen molar-refractivity contribution in [3.05, 3.63) is 98.5 Å². The van der Waals surface area contributed by atoms with Crippen LogP contribution in [-0.4, -0.2) is 10.7 Å². The van der Waals surface area contributed by atoms with E-state index in [-0.39, 0.29) is 6.04 Å². The number of hydrazone groups is 1. The van der Waals surface area contributed by atoms with Crippen molar-refractivity contribution in [3.63, 3.8) is 0 Å². The molecule has 2 atom stereocenters. The quantitative estimate of drug-likeness (QED) is 0.443. The molecule has 2 aliphatic heterocycles. The molecule has 0 N–H and O–H groups in total. The molecule has 3 aromatic carbocycles. The van der Waals surface area contributed by atoms with Crippen LogP contribution in [-0.2, 0) is 0 Å². The third kappa shape index (κ3) is 3.04. The van der Waals surface area contributed by atoms with E-state index in [2.05, 4.69) is 0 Å². The maximum atomic E-state index is 6.48. The van der Waals surface area contributed by atoms with Gasteiger partial charge in [0.05, 0.1) is 11.8 Å². The molecule has 2 heterocycles. The summed E-state index contributed by atoms with van der Waals surface area (Å²) in [5.41, 5.74) is 3.94. The van der Waals surface area contributed by atoms with E-state index in [1.54, 1.807) is 0 Å². The average Bonchev–Trinajstić information content (AvgIpc) is 3.14. The zero-order chi connectivity index (χ0) is 19.3. The molecule has 0 aromatic heterocycles. The molecule has 0 unspecified atom stereocenters. The first-order chi connectivity index (χ1) is 13.6. The van der Waals surface area contributed by atoms with E-state index in [1.807, 2.05) is 71.7 Å². The van der Waals surface area contributed by atoms with E-state index in [9.17, 15) is 0 Å². The van der Waals surface area contributed by atoms with Crippen molar-refractivity contribution in [2.75, 3.05) is 0 Å². The number of nitrogens with zero attached hydrogens (tertiary/aromatic N) is 2. The molecule has 28 heavy (non-hydrogen) atoms. The van der Waals surface area contributed by atoms with Crippen LogP contribution in [0.15, 0.2) is 71.8 Å². The van der Waals surface area contributed by atoms with Crippen molar-refractivity contribution in [3.8, 4) is 5.75 Å². The van der Waals surface area contributed by atoms with Gasteiger partial charge in [0.15, 0.2) is 0 Å². The van der Waals surface area contributed by atoms with Gasteiger partial charge in [0.25, 0.3) is 0 Å². The molecule has 0 saturated carbocycles. The highest BCUT2D eigenvalue weighted by Crippen LogP contribution is 2.49. The van der Waals surface area contributed by atoms with Gasteiger partial charge in [-0.3, -0.25) is 0 Å². The Balaban J connectivity index is 1.62. The summed E-state index contributed by atoms with van der Waals surface area (Å²) in [5, 5.41) is 8.94. The number of hydrogen-bond acceptors (Lipinski definition) is 3. The van der Waals surface area contributed by atoms with Crippen LogP contribution in [0.2, 0.25) is 15.1 Å². The first kappa shape index (κ1) is 17.9. The fourth-order valence-corrected chi connectivity index (χ4v) is 4.29. The standard InChI is InChI=1S/C22H15Cl3N2O/c23-14-7-5-13(6-8-14)19-12-20-17-11-15(24)9-10-21(17)28-22(27(20)26-19)16-3-1-2-4-18(16)25/h1-11,20,22H,12H2/t20-,22-/m0/s1. The van der Waals surface area contributed by atoms with Crippen molar-refractivity contribution >= 4 is 40.5 Å². The van der Waals surface area contributed by atoms with E-state index in [0.717, 1.165) is 34.6 Å². The van der Waals surface area contributed by atoms with Gasteiger partial charge in [-0.2, -0.15) is 5.10 Å². The van der Waals surface area contributed by atoms with Crippen LogP contribution in [0.5, 0.6) is 5.75 Å². The van der Waals surface area contributed by atoms with Crippen LogP contribution in [0.3, 0.4) is 0 Å². The van der Waals surface area contributed by atoms with Crippen LogP contribution < -0.4 is 4.74 Å². The van der Waals surface area contributed by atoms with Crippen molar-refractivity contribution in [2.24, 2.45) is 5.10 Å². The minimum atomic E-state index is -0.405. The second-order valence-corrected chi connectivity index (χ2v) is 8.11.